The van der Waals surface area contributed by atoms with E-state index >= 15 is 0 Å². The molecule has 3 N–H and O–H groups in total. The van der Waals surface area contributed by atoms with Crippen LogP contribution in [0, 0.1) is 6.92 Å². The minimum Gasteiger partial charge on any atom is -0.508 e. The van der Waals surface area contributed by atoms with Crippen molar-refractivity contribution in [2.24, 2.45) is 0 Å². The summed E-state index contributed by atoms with van der Waals surface area (Å²) in [5, 5.41) is 15.2. The Morgan fingerprint density at radius 2 is 1.64 bits per heavy atom. The fraction of sp³-hybridized carbons (Fsp3) is 0.0417. The van der Waals surface area contributed by atoms with E-state index < -0.39 is 17.7 Å². The third-order valence-corrected chi connectivity index (χ3v) is 5.52. The topological polar surface area (TPSA) is 98.7 Å². The predicted molar refractivity (Wildman–Crippen MR) is 128 cm³/mol. The van der Waals surface area contributed by atoms with E-state index in [1.165, 1.54) is 24.3 Å². The number of carbonyl (C=O) groups is 3. The summed E-state index contributed by atoms with van der Waals surface area (Å²) in [6.45, 7) is 1.75. The van der Waals surface area contributed by atoms with Crippen molar-refractivity contribution in [2.45, 2.75) is 6.92 Å². The van der Waals surface area contributed by atoms with Crippen LogP contribution >= 0.6 is 23.2 Å². The predicted octanol–water partition coefficient (Wildman–Crippen LogP) is 5.04. The van der Waals surface area contributed by atoms with Crippen molar-refractivity contribution in [3.63, 3.8) is 0 Å². The second kappa shape index (κ2) is 8.97. The first-order valence-electron chi connectivity index (χ1n) is 9.77. The van der Waals surface area contributed by atoms with Crippen LogP contribution in [0.2, 0.25) is 5.02 Å². The minimum absolute atomic E-state index is 0.0219. The van der Waals surface area contributed by atoms with Crippen LogP contribution < -0.4 is 15.5 Å². The number of phenols is 1. The summed E-state index contributed by atoms with van der Waals surface area (Å²) >= 11 is 12.2. The largest absolute Gasteiger partial charge is 0.508 e. The fourth-order valence-corrected chi connectivity index (χ4v) is 3.70. The van der Waals surface area contributed by atoms with Gasteiger partial charge in [-0.2, -0.15) is 0 Å². The number of anilines is 3. The average Bonchev–Trinajstić information content (AvgIpc) is 2.99. The molecule has 3 aromatic carbocycles. The van der Waals surface area contributed by atoms with Crippen LogP contribution in [0.1, 0.15) is 15.9 Å². The lowest BCUT2D eigenvalue weighted by Gasteiger charge is -2.18. The van der Waals surface area contributed by atoms with E-state index in [9.17, 15) is 19.5 Å². The van der Waals surface area contributed by atoms with Gasteiger partial charge in [0.05, 0.1) is 5.69 Å². The smallest absolute Gasteiger partial charge is 0.283 e. The third-order valence-electron chi connectivity index (χ3n) is 4.94. The van der Waals surface area contributed by atoms with E-state index in [0.717, 1.165) is 4.90 Å². The number of halogens is 2. The van der Waals surface area contributed by atoms with E-state index in [1.807, 2.05) is 0 Å². The number of amides is 3. The maximum atomic E-state index is 13.0. The Hall–Kier alpha value is -3.81. The summed E-state index contributed by atoms with van der Waals surface area (Å²) in [5.41, 5.74) is 2.01. The maximum Gasteiger partial charge on any atom is 0.283 e. The summed E-state index contributed by atoms with van der Waals surface area (Å²) in [6, 6.07) is 17.4. The highest BCUT2D eigenvalue weighted by molar-refractivity contribution is 6.53. The van der Waals surface area contributed by atoms with E-state index in [-0.39, 0.29) is 16.5 Å². The van der Waals surface area contributed by atoms with E-state index in [1.54, 1.807) is 49.4 Å². The average molecular weight is 482 g/mol. The van der Waals surface area contributed by atoms with Gasteiger partial charge in [-0.05, 0) is 55.0 Å². The highest BCUT2D eigenvalue weighted by atomic mass is 35.5. The molecule has 33 heavy (non-hydrogen) atoms. The first-order chi connectivity index (χ1) is 15.7. The van der Waals surface area contributed by atoms with Crippen LogP contribution in [0.4, 0.5) is 17.1 Å². The third kappa shape index (κ3) is 4.55. The molecule has 1 aliphatic rings. The standard InChI is InChI=1S/C24H17Cl2N3O4/c1-13-8-9-15(25)11-19(13)29-23(32)20(26)21(24(29)33)27-16-5-2-4-14(10-16)22(31)28-17-6-3-7-18(30)12-17/h2-12,27,30H,1H3,(H,28,31). The normalized spacial score (nSPS) is 13.5. The van der Waals surface area contributed by atoms with Gasteiger partial charge < -0.3 is 15.7 Å². The first-order valence-corrected chi connectivity index (χ1v) is 10.5. The van der Waals surface area contributed by atoms with Crippen LogP contribution in [0.25, 0.3) is 0 Å². The van der Waals surface area contributed by atoms with Crippen molar-refractivity contribution < 1.29 is 19.5 Å². The molecule has 1 heterocycles. The number of nitrogens with one attached hydrogen (secondary N) is 2. The molecule has 0 spiro atoms. The molecule has 0 saturated carbocycles. The Morgan fingerprint density at radius 3 is 2.39 bits per heavy atom. The van der Waals surface area contributed by atoms with Crippen molar-refractivity contribution in [2.75, 3.05) is 15.5 Å². The lowest BCUT2D eigenvalue weighted by atomic mass is 10.1. The number of benzene rings is 3. The van der Waals surface area contributed by atoms with E-state index in [4.69, 9.17) is 23.2 Å². The van der Waals surface area contributed by atoms with E-state index in [0.29, 0.717) is 33.2 Å². The molecule has 0 fully saturated rings. The molecular formula is C24H17Cl2N3O4. The van der Waals surface area contributed by atoms with Crippen molar-refractivity contribution in [3.05, 3.63) is 93.6 Å². The molecule has 0 saturated heterocycles. The molecule has 3 amide bonds. The molecule has 4 rings (SSSR count). The summed E-state index contributed by atoms with van der Waals surface area (Å²) < 4.78 is 0. The molecule has 0 unspecified atom stereocenters. The van der Waals surface area contributed by atoms with Crippen molar-refractivity contribution in [3.8, 4) is 5.75 Å². The van der Waals surface area contributed by atoms with Gasteiger partial charge >= 0.3 is 0 Å². The number of carbonyl (C=O) groups excluding carboxylic acids is 3. The fourth-order valence-electron chi connectivity index (χ4n) is 3.32. The quantitative estimate of drug-likeness (QED) is 0.443. The zero-order valence-electron chi connectivity index (χ0n) is 17.2. The number of hydrogen-bond donors (Lipinski definition) is 3. The molecule has 3 aromatic rings. The number of aryl methyl sites for hydroxylation is 1. The minimum atomic E-state index is -0.674. The van der Waals surface area contributed by atoms with Gasteiger partial charge in [0, 0.05) is 28.0 Å². The molecule has 0 aliphatic carbocycles. The molecule has 166 valence electrons. The second-order valence-corrected chi connectivity index (χ2v) is 8.09. The number of aromatic hydroxyl groups is 1. The molecule has 0 atom stereocenters. The van der Waals surface area contributed by atoms with Crippen LogP contribution in [0.15, 0.2) is 77.5 Å². The van der Waals surface area contributed by atoms with Gasteiger partial charge in [-0.25, -0.2) is 4.90 Å². The van der Waals surface area contributed by atoms with Gasteiger partial charge in [-0.15, -0.1) is 0 Å². The van der Waals surface area contributed by atoms with Crippen LogP contribution in [-0.2, 0) is 9.59 Å². The number of rotatable bonds is 5. The van der Waals surface area contributed by atoms with Crippen LogP contribution in [-0.4, -0.2) is 22.8 Å². The Kier molecular flexibility index (Phi) is 6.09. The Labute approximate surface area is 199 Å². The van der Waals surface area contributed by atoms with Gasteiger partial charge in [0.2, 0.25) is 0 Å². The lowest BCUT2D eigenvalue weighted by molar-refractivity contribution is -0.120. The van der Waals surface area contributed by atoms with Gasteiger partial charge in [0.1, 0.15) is 16.5 Å². The summed E-state index contributed by atoms with van der Waals surface area (Å²) in [6.07, 6.45) is 0. The molecule has 7 nitrogen and oxygen atoms in total. The van der Waals surface area contributed by atoms with Gasteiger partial charge in [0.15, 0.2) is 0 Å². The van der Waals surface area contributed by atoms with E-state index in [2.05, 4.69) is 10.6 Å². The van der Waals surface area contributed by atoms with Crippen molar-refractivity contribution >= 4 is 58.0 Å². The monoisotopic (exact) mass is 481 g/mol. The Morgan fingerprint density at radius 1 is 0.909 bits per heavy atom. The van der Waals surface area contributed by atoms with Crippen molar-refractivity contribution in [1.82, 2.24) is 0 Å². The zero-order chi connectivity index (χ0) is 23.7. The molecular weight excluding hydrogens is 465 g/mol. The number of hydrogen-bond acceptors (Lipinski definition) is 5. The molecule has 0 aromatic heterocycles. The first kappa shape index (κ1) is 22.4. The molecule has 1 aliphatic heterocycles. The molecule has 0 radical (unpaired) electrons. The lowest BCUT2D eigenvalue weighted by Crippen LogP contribution is -2.32. The number of imide groups is 1. The Balaban J connectivity index is 1.56. The van der Waals surface area contributed by atoms with Gasteiger partial charge in [0.25, 0.3) is 17.7 Å². The van der Waals surface area contributed by atoms with Gasteiger partial charge in [-0.1, -0.05) is 41.4 Å². The summed E-state index contributed by atoms with van der Waals surface area (Å²) in [7, 11) is 0. The van der Waals surface area contributed by atoms with Crippen molar-refractivity contribution in [1.29, 1.82) is 0 Å². The highest BCUT2D eigenvalue weighted by Gasteiger charge is 2.39. The van der Waals surface area contributed by atoms with Crippen LogP contribution in [0.5, 0.6) is 5.75 Å². The highest BCUT2D eigenvalue weighted by Crippen LogP contribution is 2.33. The Bertz CT molecular complexity index is 1340. The van der Waals surface area contributed by atoms with Gasteiger partial charge in [-0.3, -0.25) is 14.4 Å². The number of nitrogens with zero attached hydrogens (tertiary/aromatic N) is 1. The van der Waals surface area contributed by atoms with Crippen LogP contribution in [0.3, 0.4) is 0 Å². The number of phenolic OH excluding ortho intramolecular Hbond substituents is 1. The maximum absolute atomic E-state index is 13.0. The SMILES string of the molecule is Cc1ccc(Cl)cc1N1C(=O)C(Cl)=C(Nc2cccc(C(=O)Nc3cccc(O)c3)c2)C1=O. The second-order valence-electron chi connectivity index (χ2n) is 7.28. The zero-order valence-corrected chi connectivity index (χ0v) is 18.7. The summed E-state index contributed by atoms with van der Waals surface area (Å²) in [4.78, 5) is 39.3. The summed E-state index contributed by atoms with van der Waals surface area (Å²) in [5.74, 6) is -1.71. The molecule has 9 heteroatoms. The molecule has 0 bridgehead atoms.